The van der Waals surface area contributed by atoms with E-state index in [-0.39, 0.29) is 17.9 Å². The van der Waals surface area contributed by atoms with Gasteiger partial charge in [-0.15, -0.1) is 10.2 Å². The molecule has 0 radical (unpaired) electrons. The Hall–Kier alpha value is -1.12. The van der Waals surface area contributed by atoms with Crippen LogP contribution in [0, 0.1) is 0 Å². The molecule has 0 N–H and O–H groups in total. The van der Waals surface area contributed by atoms with Crippen molar-refractivity contribution in [3.8, 4) is 0 Å². The molecule has 2 aliphatic rings. The fourth-order valence-electron chi connectivity index (χ4n) is 3.02. The number of hydrogen-bond acceptors (Lipinski definition) is 7. The second kappa shape index (κ2) is 7.84. The molecule has 134 valence electrons. The molecule has 0 unspecified atom stereocenters. The summed E-state index contributed by atoms with van der Waals surface area (Å²) in [5, 5.41) is 8.23. The van der Waals surface area contributed by atoms with Gasteiger partial charge >= 0.3 is 0 Å². The molecule has 3 heterocycles. The first-order valence-corrected chi connectivity index (χ1v) is 9.70. The predicted octanol–water partition coefficient (Wildman–Crippen LogP) is 1.53. The SMILES string of the molecule is CC(C)c1nnc([C@H]2COCCN2C(=O)CN(C)[C@H]2CCSC2)o1. The Balaban J connectivity index is 1.67. The fraction of sp³-hybridized carbons (Fsp3) is 0.812. The number of hydrogen-bond donors (Lipinski definition) is 0. The van der Waals surface area contributed by atoms with Crippen LogP contribution < -0.4 is 0 Å². The van der Waals surface area contributed by atoms with Gasteiger partial charge in [-0.25, -0.2) is 0 Å². The first kappa shape index (κ1) is 17.7. The lowest BCUT2D eigenvalue weighted by molar-refractivity contribution is -0.142. The van der Waals surface area contributed by atoms with Gasteiger partial charge in [0.15, 0.2) is 0 Å². The molecule has 0 bridgehead atoms. The summed E-state index contributed by atoms with van der Waals surface area (Å²) in [5.41, 5.74) is 0. The van der Waals surface area contributed by atoms with Crippen LogP contribution in [0.25, 0.3) is 0 Å². The third-order valence-electron chi connectivity index (χ3n) is 4.60. The van der Waals surface area contributed by atoms with Gasteiger partial charge < -0.3 is 14.1 Å². The lowest BCUT2D eigenvalue weighted by Gasteiger charge is -2.35. The number of carbonyl (C=O) groups is 1. The molecule has 1 aromatic rings. The summed E-state index contributed by atoms with van der Waals surface area (Å²) >= 11 is 1.96. The van der Waals surface area contributed by atoms with Gasteiger partial charge in [-0.05, 0) is 19.2 Å². The average molecular weight is 354 g/mol. The maximum atomic E-state index is 12.8. The Labute approximate surface area is 147 Å². The van der Waals surface area contributed by atoms with E-state index in [9.17, 15) is 4.79 Å². The molecule has 2 atom stereocenters. The third kappa shape index (κ3) is 3.92. The summed E-state index contributed by atoms with van der Waals surface area (Å²) in [6, 6.07) is 0.215. The first-order chi connectivity index (χ1) is 11.6. The summed E-state index contributed by atoms with van der Waals surface area (Å²) in [6.07, 6.45) is 1.16. The monoisotopic (exact) mass is 354 g/mol. The molecule has 0 aromatic carbocycles. The van der Waals surface area contributed by atoms with Crippen LogP contribution in [-0.2, 0) is 9.53 Å². The van der Waals surface area contributed by atoms with E-state index in [1.165, 1.54) is 5.75 Å². The van der Waals surface area contributed by atoms with Crippen LogP contribution in [-0.4, -0.2) is 76.8 Å². The standard InChI is InChI=1S/C16H26N4O3S/c1-11(2)15-17-18-16(23-15)13-9-22-6-5-20(13)14(21)8-19(3)12-4-7-24-10-12/h11-13H,4-10H2,1-3H3/t12-,13+/m0/s1. The number of morpholine rings is 1. The van der Waals surface area contributed by atoms with Crippen LogP contribution in [0.4, 0.5) is 0 Å². The Bertz CT molecular complexity index is 559. The van der Waals surface area contributed by atoms with Gasteiger partial charge in [-0.3, -0.25) is 9.69 Å². The highest BCUT2D eigenvalue weighted by molar-refractivity contribution is 7.99. The summed E-state index contributed by atoms with van der Waals surface area (Å²) in [6.45, 7) is 5.96. The Morgan fingerprint density at radius 1 is 1.46 bits per heavy atom. The number of carbonyl (C=O) groups excluding carboxylic acids is 1. The van der Waals surface area contributed by atoms with Crippen molar-refractivity contribution in [3.63, 3.8) is 0 Å². The number of likely N-dealkylation sites (N-methyl/N-ethyl adjacent to an activating group) is 1. The number of nitrogens with zero attached hydrogens (tertiary/aromatic N) is 4. The van der Waals surface area contributed by atoms with Crippen LogP contribution in [0.15, 0.2) is 4.42 Å². The minimum absolute atomic E-state index is 0.104. The van der Waals surface area contributed by atoms with Gasteiger partial charge in [-0.2, -0.15) is 11.8 Å². The van der Waals surface area contributed by atoms with Crippen LogP contribution in [0.3, 0.4) is 0 Å². The van der Waals surface area contributed by atoms with Gasteiger partial charge in [-0.1, -0.05) is 13.8 Å². The lowest BCUT2D eigenvalue weighted by Crippen LogP contribution is -2.48. The molecule has 24 heavy (non-hydrogen) atoms. The molecule has 2 fully saturated rings. The highest BCUT2D eigenvalue weighted by Crippen LogP contribution is 2.26. The zero-order chi connectivity index (χ0) is 17.1. The minimum Gasteiger partial charge on any atom is -0.423 e. The quantitative estimate of drug-likeness (QED) is 0.794. The molecule has 3 rings (SSSR count). The third-order valence-corrected chi connectivity index (χ3v) is 5.74. The van der Waals surface area contributed by atoms with Gasteiger partial charge in [0.1, 0.15) is 6.04 Å². The summed E-state index contributed by atoms with van der Waals surface area (Å²) in [5.74, 6) is 3.65. The number of rotatable bonds is 5. The number of thioether (sulfide) groups is 1. The van der Waals surface area contributed by atoms with E-state index in [1.54, 1.807) is 0 Å². The van der Waals surface area contributed by atoms with E-state index < -0.39 is 0 Å². The maximum absolute atomic E-state index is 12.8. The molecule has 2 saturated heterocycles. The van der Waals surface area contributed by atoms with Gasteiger partial charge in [0.25, 0.3) is 0 Å². The second-order valence-corrected chi connectivity index (χ2v) is 7.89. The van der Waals surface area contributed by atoms with Crippen LogP contribution in [0.5, 0.6) is 0 Å². The number of ether oxygens (including phenoxy) is 1. The predicted molar refractivity (Wildman–Crippen MR) is 92.0 cm³/mol. The largest absolute Gasteiger partial charge is 0.423 e. The van der Waals surface area contributed by atoms with Crippen LogP contribution in [0.1, 0.15) is 44.0 Å². The zero-order valence-corrected chi connectivity index (χ0v) is 15.4. The number of amides is 1. The average Bonchev–Trinajstić information content (AvgIpc) is 3.26. The van der Waals surface area contributed by atoms with Crippen molar-refractivity contribution in [2.24, 2.45) is 0 Å². The van der Waals surface area contributed by atoms with Gasteiger partial charge in [0.05, 0.1) is 19.8 Å². The van der Waals surface area contributed by atoms with E-state index in [1.807, 2.05) is 37.6 Å². The topological polar surface area (TPSA) is 71.7 Å². The molecule has 2 aliphatic heterocycles. The lowest BCUT2D eigenvalue weighted by atomic mass is 10.2. The normalized spacial score (nSPS) is 25.0. The molecule has 8 heteroatoms. The Kier molecular flexibility index (Phi) is 5.78. The van der Waals surface area contributed by atoms with E-state index in [0.29, 0.717) is 44.1 Å². The summed E-state index contributed by atoms with van der Waals surface area (Å²) < 4.78 is 11.3. The molecular weight excluding hydrogens is 328 g/mol. The van der Waals surface area contributed by atoms with E-state index in [4.69, 9.17) is 9.15 Å². The van der Waals surface area contributed by atoms with Crippen molar-refractivity contribution in [1.82, 2.24) is 20.0 Å². The molecule has 0 aliphatic carbocycles. The van der Waals surface area contributed by atoms with E-state index in [2.05, 4.69) is 15.1 Å². The number of aromatic nitrogens is 2. The van der Waals surface area contributed by atoms with Crippen molar-refractivity contribution >= 4 is 17.7 Å². The van der Waals surface area contributed by atoms with Gasteiger partial charge in [0.2, 0.25) is 17.7 Å². The van der Waals surface area contributed by atoms with Crippen molar-refractivity contribution in [2.75, 3.05) is 44.9 Å². The minimum atomic E-state index is -0.280. The zero-order valence-electron chi connectivity index (χ0n) is 14.6. The smallest absolute Gasteiger partial charge is 0.241 e. The van der Waals surface area contributed by atoms with Crippen molar-refractivity contribution in [1.29, 1.82) is 0 Å². The van der Waals surface area contributed by atoms with E-state index in [0.717, 1.165) is 12.2 Å². The van der Waals surface area contributed by atoms with Crippen LogP contribution in [0.2, 0.25) is 0 Å². The molecule has 0 saturated carbocycles. The van der Waals surface area contributed by atoms with Crippen molar-refractivity contribution in [2.45, 2.75) is 38.3 Å². The molecule has 1 aromatic heterocycles. The van der Waals surface area contributed by atoms with Crippen molar-refractivity contribution in [3.05, 3.63) is 11.8 Å². The van der Waals surface area contributed by atoms with E-state index >= 15 is 0 Å². The van der Waals surface area contributed by atoms with Gasteiger partial charge in [0, 0.05) is 24.3 Å². The Morgan fingerprint density at radius 2 is 2.29 bits per heavy atom. The highest BCUT2D eigenvalue weighted by Gasteiger charge is 2.34. The summed E-state index contributed by atoms with van der Waals surface area (Å²) in [4.78, 5) is 16.8. The second-order valence-electron chi connectivity index (χ2n) is 6.74. The molecular formula is C16H26N4O3S. The highest BCUT2D eigenvalue weighted by atomic mass is 32.2. The molecule has 0 spiro atoms. The van der Waals surface area contributed by atoms with Crippen molar-refractivity contribution < 1.29 is 13.9 Å². The molecule has 1 amide bonds. The maximum Gasteiger partial charge on any atom is 0.241 e. The fourth-order valence-corrected chi connectivity index (χ4v) is 4.32. The van der Waals surface area contributed by atoms with Crippen LogP contribution >= 0.6 is 11.8 Å². The Morgan fingerprint density at radius 3 is 2.96 bits per heavy atom. The molecule has 7 nitrogen and oxygen atoms in total. The first-order valence-electron chi connectivity index (χ1n) is 8.54. The summed E-state index contributed by atoms with van der Waals surface area (Å²) in [7, 11) is 2.04.